The lowest BCUT2D eigenvalue weighted by Gasteiger charge is -2.03. The van der Waals surface area contributed by atoms with Gasteiger partial charge in [-0.25, -0.2) is 4.98 Å². The maximum absolute atomic E-state index is 4.65. The van der Waals surface area contributed by atoms with Crippen LogP contribution < -0.4 is 0 Å². The first-order valence-corrected chi connectivity index (χ1v) is 12.9. The van der Waals surface area contributed by atoms with Crippen LogP contribution >= 0.6 is 23.1 Å². The predicted octanol–water partition coefficient (Wildman–Crippen LogP) is 9.88. The summed E-state index contributed by atoms with van der Waals surface area (Å²) in [7, 11) is 0. The molecule has 1 heterocycles. The summed E-state index contributed by atoms with van der Waals surface area (Å²) in [5.41, 5.74) is 4.49. The predicted molar refractivity (Wildman–Crippen MR) is 144 cm³/mol. The maximum Gasteiger partial charge on any atom is 0.0908 e. The highest BCUT2D eigenvalue weighted by Crippen LogP contribution is 2.33. The van der Waals surface area contributed by atoms with Crippen molar-refractivity contribution in [1.82, 2.24) is 4.98 Å². The first-order valence-electron chi connectivity index (χ1n) is 10.9. The van der Waals surface area contributed by atoms with E-state index in [4.69, 9.17) is 0 Å². The molecule has 1 nitrogen and oxygen atoms in total. The molecule has 0 N–H and O–H groups in total. The molecule has 1 aromatic heterocycles. The van der Waals surface area contributed by atoms with Gasteiger partial charge in [0.05, 0.1) is 15.6 Å². The van der Waals surface area contributed by atoms with Crippen LogP contribution in [0.15, 0.2) is 54.5 Å². The summed E-state index contributed by atoms with van der Waals surface area (Å²) in [5.74, 6) is 0. The minimum absolute atomic E-state index is 1.03. The Kier molecular flexibility index (Phi) is 16.2. The van der Waals surface area contributed by atoms with Crippen molar-refractivity contribution in [2.75, 3.05) is 6.26 Å². The third kappa shape index (κ3) is 12.2. The Morgan fingerprint density at radius 3 is 2.17 bits per heavy atom. The molecule has 0 aliphatic carbocycles. The third-order valence-electron chi connectivity index (χ3n) is 4.24. The van der Waals surface area contributed by atoms with Crippen LogP contribution in [0.1, 0.15) is 75.2 Å². The summed E-state index contributed by atoms with van der Waals surface area (Å²) < 4.78 is 0. The standard InChI is InChI=1S/C16H17NS.C7H16.C4H8S/c1-5-7-12(3)16-15(17-13(4)18-16)14-9-6-8-11(2)10-14;1-3-5-7-6-4-2;1-4(2)5-3/h5-10H,3H2,1-2,4H3;3-7H2,1-2H3;1H2,2-3H3/b7-5-;;. The van der Waals surface area contributed by atoms with E-state index in [1.165, 1.54) is 48.1 Å². The fourth-order valence-electron chi connectivity index (χ4n) is 2.59. The van der Waals surface area contributed by atoms with Crippen molar-refractivity contribution in [2.24, 2.45) is 0 Å². The highest BCUT2D eigenvalue weighted by molar-refractivity contribution is 8.02. The molecule has 0 aliphatic heterocycles. The fraction of sp³-hybridized carbons (Fsp3) is 0.444. The number of hydrogen-bond donors (Lipinski definition) is 0. The van der Waals surface area contributed by atoms with Crippen LogP contribution in [-0.4, -0.2) is 11.2 Å². The van der Waals surface area contributed by atoms with Crippen molar-refractivity contribution >= 4 is 28.7 Å². The molecular weight excluding hydrogens is 402 g/mol. The summed E-state index contributed by atoms with van der Waals surface area (Å²) in [4.78, 5) is 6.98. The number of hydrogen-bond acceptors (Lipinski definition) is 3. The average molecular weight is 444 g/mol. The number of thiazole rings is 1. The Morgan fingerprint density at radius 1 is 1.10 bits per heavy atom. The van der Waals surface area contributed by atoms with Crippen LogP contribution in [0.5, 0.6) is 0 Å². The minimum atomic E-state index is 1.03. The number of aryl methyl sites for hydroxylation is 2. The lowest BCUT2D eigenvalue weighted by Crippen LogP contribution is -1.84. The summed E-state index contributed by atoms with van der Waals surface area (Å²) in [6, 6.07) is 8.44. The SMILES string of the molecule is C=C(/C=C\C)c1sc(C)nc1-c1cccc(C)c1.C=C(C)SC.CCCCCCC. The molecular formula is C27H41NS2. The number of benzene rings is 1. The normalized spacial score (nSPS) is 10.1. The molecule has 0 amide bonds. The lowest BCUT2D eigenvalue weighted by atomic mass is 10.1. The maximum atomic E-state index is 4.65. The van der Waals surface area contributed by atoms with Crippen molar-refractivity contribution in [2.45, 2.75) is 73.6 Å². The Hall–Kier alpha value is -1.58. The molecule has 0 unspecified atom stereocenters. The van der Waals surface area contributed by atoms with Crippen LogP contribution in [0.25, 0.3) is 16.8 Å². The molecule has 3 heteroatoms. The highest BCUT2D eigenvalue weighted by Gasteiger charge is 2.12. The number of unbranched alkanes of at least 4 members (excludes halogenated alkanes) is 4. The van der Waals surface area contributed by atoms with Crippen molar-refractivity contribution in [3.05, 3.63) is 69.9 Å². The molecule has 0 bridgehead atoms. The van der Waals surface area contributed by atoms with E-state index in [0.29, 0.717) is 0 Å². The number of allylic oxidation sites excluding steroid dienone is 4. The van der Waals surface area contributed by atoms with Gasteiger partial charge in [-0.3, -0.25) is 0 Å². The molecule has 0 saturated heterocycles. The zero-order chi connectivity index (χ0) is 22.9. The van der Waals surface area contributed by atoms with E-state index >= 15 is 0 Å². The number of aromatic nitrogens is 1. The van der Waals surface area contributed by atoms with Crippen molar-refractivity contribution in [3.8, 4) is 11.3 Å². The van der Waals surface area contributed by atoms with Crippen molar-refractivity contribution < 1.29 is 0 Å². The molecule has 0 spiro atoms. The first-order chi connectivity index (χ1) is 14.3. The second kappa shape index (κ2) is 17.1. The first kappa shape index (κ1) is 28.4. The van der Waals surface area contributed by atoms with Gasteiger partial charge in [-0.2, -0.15) is 0 Å². The van der Waals surface area contributed by atoms with E-state index < -0.39 is 0 Å². The van der Waals surface area contributed by atoms with Crippen LogP contribution in [0, 0.1) is 13.8 Å². The molecule has 0 fully saturated rings. The molecule has 0 aliphatic rings. The number of thioether (sulfide) groups is 1. The van der Waals surface area contributed by atoms with Crippen LogP contribution in [-0.2, 0) is 0 Å². The summed E-state index contributed by atoms with van der Waals surface area (Å²) in [6.07, 6.45) is 13.1. The molecule has 0 atom stereocenters. The molecule has 166 valence electrons. The summed E-state index contributed by atoms with van der Waals surface area (Å²) in [5, 5.41) is 1.08. The highest BCUT2D eigenvalue weighted by atomic mass is 32.2. The molecule has 0 saturated carbocycles. The number of nitrogens with zero attached hydrogens (tertiary/aromatic N) is 1. The zero-order valence-electron chi connectivity index (χ0n) is 20.2. The minimum Gasteiger partial charge on any atom is -0.241 e. The number of rotatable bonds is 8. The fourth-order valence-corrected chi connectivity index (χ4v) is 3.48. The molecule has 1 aromatic carbocycles. The van der Waals surface area contributed by atoms with Crippen LogP contribution in [0.4, 0.5) is 0 Å². The van der Waals surface area contributed by atoms with Crippen LogP contribution in [0.3, 0.4) is 0 Å². The monoisotopic (exact) mass is 443 g/mol. The van der Waals surface area contributed by atoms with Gasteiger partial charge in [0.1, 0.15) is 0 Å². The lowest BCUT2D eigenvalue weighted by molar-refractivity contribution is 0.656. The van der Waals surface area contributed by atoms with Gasteiger partial charge in [0, 0.05) is 5.56 Å². The Balaban J connectivity index is 0.000000581. The smallest absolute Gasteiger partial charge is 0.0908 e. The van der Waals surface area contributed by atoms with E-state index in [-0.39, 0.29) is 0 Å². The average Bonchev–Trinajstić information content (AvgIpc) is 3.11. The Bertz CT molecular complexity index is 780. The quantitative estimate of drug-likeness (QED) is 0.297. The van der Waals surface area contributed by atoms with E-state index in [2.05, 4.69) is 63.2 Å². The van der Waals surface area contributed by atoms with Gasteiger partial charge in [0.15, 0.2) is 0 Å². The summed E-state index contributed by atoms with van der Waals surface area (Å²) >= 11 is 3.39. The van der Waals surface area contributed by atoms with Gasteiger partial charge < -0.3 is 0 Å². The van der Waals surface area contributed by atoms with Gasteiger partial charge in [-0.15, -0.1) is 23.1 Å². The molecule has 2 aromatic rings. The summed E-state index contributed by atoms with van der Waals surface area (Å²) in [6.45, 7) is 20.4. The largest absolute Gasteiger partial charge is 0.241 e. The Labute approximate surface area is 194 Å². The van der Waals surface area contributed by atoms with Crippen molar-refractivity contribution in [3.63, 3.8) is 0 Å². The zero-order valence-corrected chi connectivity index (χ0v) is 21.8. The topological polar surface area (TPSA) is 12.9 Å². The van der Waals surface area contributed by atoms with Gasteiger partial charge in [0.25, 0.3) is 0 Å². The van der Waals surface area contributed by atoms with Crippen molar-refractivity contribution in [1.29, 1.82) is 0 Å². The van der Waals surface area contributed by atoms with Gasteiger partial charge in [-0.1, -0.05) is 95.0 Å². The molecule has 30 heavy (non-hydrogen) atoms. The van der Waals surface area contributed by atoms with E-state index in [0.717, 1.165) is 21.2 Å². The second-order valence-corrected chi connectivity index (χ2v) is 9.58. The van der Waals surface area contributed by atoms with E-state index in [1.807, 2.05) is 39.2 Å². The van der Waals surface area contributed by atoms with Gasteiger partial charge in [-0.05, 0) is 50.5 Å². The van der Waals surface area contributed by atoms with Gasteiger partial charge >= 0.3 is 0 Å². The van der Waals surface area contributed by atoms with Gasteiger partial charge in [0.2, 0.25) is 0 Å². The van der Waals surface area contributed by atoms with Crippen LogP contribution in [0.2, 0.25) is 0 Å². The molecule has 2 rings (SSSR count). The van der Waals surface area contributed by atoms with E-state index in [9.17, 15) is 0 Å². The van der Waals surface area contributed by atoms with E-state index in [1.54, 1.807) is 23.1 Å². The third-order valence-corrected chi connectivity index (χ3v) is 5.98. The Morgan fingerprint density at radius 2 is 1.70 bits per heavy atom. The second-order valence-electron chi connectivity index (χ2n) is 7.27. The molecule has 0 radical (unpaired) electrons.